The van der Waals surface area contributed by atoms with Crippen LogP contribution in [0.4, 0.5) is 4.79 Å². The van der Waals surface area contributed by atoms with Gasteiger partial charge in [-0.25, -0.2) is 9.59 Å². The third-order valence-corrected chi connectivity index (χ3v) is 27.7. The zero-order valence-electron chi connectivity index (χ0n) is 66.9. The van der Waals surface area contributed by atoms with E-state index in [0.717, 1.165) is 27.8 Å². The molecule has 0 saturated heterocycles. The standard InChI is InChI=1S/C29H37NO8.C29H49NO7Si.C25H36O4Si/c1-18(2)27(32)38-26(20(4)37-29(34)25(30)19(3)36-21(5)31)24(16-22-12-8-6-9-13-22)28(33)35-17-23-14-10-7-11-15-23;1-19(31)23(18-22-16-14-13-15-17-22)25(37-38(11,12)29(7,8)9)21(3)35-26(32)24(20(2)34-10)30-27(33)36-28(4,5)6;1-19(26)23(29-30(5,6)25(2,3)4)22(17-20-13-9-7-10-14-20)24(27)28-18-21-15-11-8-12-16-21/h6-15,18-20,24-26H,16-17,30H2,1-5H3;13-17,20-21,23-25H,18H2,1-12H3,(H,30,33);7-16,19,22-23,26H,17-18H2,1-6H3/t19-,20+,24-,25+,26+;20-,21-,23-,24-,25-;19-,22+,23-/m100/s1. The molecule has 23 heteroatoms. The Balaban J connectivity index is 0.000000416. The molecule has 21 nitrogen and oxygen atoms in total. The van der Waals surface area contributed by atoms with Crippen LogP contribution in [0.15, 0.2) is 152 Å². The van der Waals surface area contributed by atoms with Crippen LogP contribution in [0.25, 0.3) is 0 Å². The summed E-state index contributed by atoms with van der Waals surface area (Å²) < 4.78 is 57.5. The molecular weight excluding hydrogens is 1390 g/mol. The lowest BCUT2D eigenvalue weighted by Gasteiger charge is -2.43. The molecule has 0 spiro atoms. The van der Waals surface area contributed by atoms with Gasteiger partial charge in [-0.15, -0.1) is 0 Å². The number of ketones is 1. The Kier molecular flexibility index (Phi) is 37.6. The molecule has 1 amide bonds. The fourth-order valence-corrected chi connectivity index (χ4v) is 13.2. The average molecular weight is 1510 g/mol. The Bertz CT molecular complexity index is 3490. The molecule has 5 rings (SSSR count). The first-order valence-electron chi connectivity index (χ1n) is 36.4. The van der Waals surface area contributed by atoms with Gasteiger partial charge in [0.25, 0.3) is 0 Å². The predicted molar refractivity (Wildman–Crippen MR) is 415 cm³/mol. The van der Waals surface area contributed by atoms with Gasteiger partial charge in [0.2, 0.25) is 0 Å². The van der Waals surface area contributed by atoms with Crippen molar-refractivity contribution in [2.45, 2.75) is 260 Å². The van der Waals surface area contributed by atoms with E-state index in [2.05, 4.69) is 73.0 Å². The van der Waals surface area contributed by atoms with Crippen molar-refractivity contribution in [3.05, 3.63) is 179 Å². The summed E-state index contributed by atoms with van der Waals surface area (Å²) in [5.41, 5.74) is 9.73. The minimum absolute atomic E-state index is 0.0226. The molecule has 0 fully saturated rings. The monoisotopic (exact) mass is 1510 g/mol. The summed E-state index contributed by atoms with van der Waals surface area (Å²) in [4.78, 5) is 102. The zero-order valence-corrected chi connectivity index (χ0v) is 68.9. The summed E-state index contributed by atoms with van der Waals surface area (Å²) in [6.07, 6.45) is -6.44. The SMILES string of the molecule is CC(=O)O[C@H](C)[C@H](N)C(=O)O[C@@H](C)[C@H](OC(=O)C(C)C)[C@@H](Cc1ccccc1)C(=O)OCc1ccccc1.CO[C@@H](C)[C@H](NC(=O)OC(C)(C)C)C(=O)O[C@@H](C)[C@H](O[Si](C)(C)C(C)(C)C)[C@@H](Cc1ccccc1)C(C)=O.C[C@H](O)[C@H](O[Si](C)(C)C(C)(C)C)[C@@H](Cc1ccccc1)C(=O)OCc1ccccc1. The second-order valence-corrected chi connectivity index (χ2v) is 40.9. The van der Waals surface area contributed by atoms with E-state index in [-0.39, 0.29) is 41.5 Å². The molecule has 0 aliphatic heterocycles. The molecule has 0 heterocycles. The zero-order chi connectivity index (χ0) is 80.1. The van der Waals surface area contributed by atoms with Crippen LogP contribution in [0.2, 0.25) is 36.3 Å². The normalized spacial score (nSPS) is 15.6. The molecule has 0 aliphatic carbocycles. The number of nitrogens with two attached hydrogens (primary N) is 1. The number of methoxy groups -OCH3 is 1. The maximum absolute atomic E-state index is 13.4. The highest BCUT2D eigenvalue weighted by molar-refractivity contribution is 6.74. The van der Waals surface area contributed by atoms with Gasteiger partial charge in [0.1, 0.15) is 54.9 Å². The van der Waals surface area contributed by atoms with E-state index < -0.39 is 143 Å². The van der Waals surface area contributed by atoms with E-state index in [1.165, 1.54) is 27.9 Å². The van der Waals surface area contributed by atoms with Crippen molar-refractivity contribution in [2.24, 2.45) is 29.4 Å². The van der Waals surface area contributed by atoms with Crippen LogP contribution >= 0.6 is 0 Å². The summed E-state index contributed by atoms with van der Waals surface area (Å²) in [5.74, 6) is -6.33. The van der Waals surface area contributed by atoms with Gasteiger partial charge >= 0.3 is 41.9 Å². The first kappa shape index (κ1) is 92.3. The van der Waals surface area contributed by atoms with Crippen molar-refractivity contribution in [3.8, 4) is 0 Å². The van der Waals surface area contributed by atoms with Crippen molar-refractivity contribution < 1.29 is 90.2 Å². The Morgan fingerprint density at radius 2 is 0.783 bits per heavy atom. The number of hydrogen-bond acceptors (Lipinski definition) is 20. The summed E-state index contributed by atoms with van der Waals surface area (Å²) in [6.45, 7) is 40.9. The van der Waals surface area contributed by atoms with Crippen molar-refractivity contribution in [2.75, 3.05) is 7.11 Å². The Hall–Kier alpha value is -7.91. The number of hydrogen-bond donors (Lipinski definition) is 3. The van der Waals surface area contributed by atoms with Crippen LogP contribution in [-0.4, -0.2) is 143 Å². The van der Waals surface area contributed by atoms with Crippen molar-refractivity contribution in [1.82, 2.24) is 5.32 Å². The number of amides is 1. The van der Waals surface area contributed by atoms with E-state index in [1.807, 2.05) is 152 Å². The maximum atomic E-state index is 13.4. The van der Waals surface area contributed by atoms with Crippen molar-refractivity contribution >= 4 is 64.3 Å². The highest BCUT2D eigenvalue weighted by Crippen LogP contribution is 2.41. The molecule has 586 valence electrons. The van der Waals surface area contributed by atoms with Crippen LogP contribution in [-0.2, 0) is 113 Å². The third kappa shape index (κ3) is 31.9. The number of nitrogens with one attached hydrogen (secondary N) is 1. The van der Waals surface area contributed by atoms with Crippen LogP contribution in [0.1, 0.15) is 152 Å². The minimum Gasteiger partial charge on any atom is -0.461 e. The van der Waals surface area contributed by atoms with E-state index in [1.54, 1.807) is 62.3 Å². The van der Waals surface area contributed by atoms with Crippen LogP contribution in [0.3, 0.4) is 0 Å². The molecule has 0 bridgehead atoms. The molecule has 13 atom stereocenters. The highest BCUT2D eigenvalue weighted by Gasteiger charge is 2.47. The first-order chi connectivity index (χ1) is 49.3. The number of aliphatic hydroxyl groups excluding tert-OH is 1. The second kappa shape index (κ2) is 43.2. The number of rotatable bonds is 34. The lowest BCUT2D eigenvalue weighted by atomic mass is 9.88. The second-order valence-electron chi connectivity index (χ2n) is 31.4. The molecular formula is C83H122N2O19Si2. The first-order valence-corrected chi connectivity index (χ1v) is 42.2. The van der Waals surface area contributed by atoms with Gasteiger partial charge in [0.15, 0.2) is 28.8 Å². The van der Waals surface area contributed by atoms with Crippen molar-refractivity contribution in [3.63, 3.8) is 0 Å². The number of alkyl carbamates (subject to hydrolysis) is 1. The van der Waals surface area contributed by atoms with Gasteiger partial charge in [0.05, 0.1) is 36.3 Å². The van der Waals surface area contributed by atoms with Gasteiger partial charge in [-0.05, 0) is 146 Å². The Morgan fingerprint density at radius 1 is 0.434 bits per heavy atom. The van der Waals surface area contributed by atoms with Gasteiger partial charge in [-0.1, -0.05) is 207 Å². The van der Waals surface area contributed by atoms with Crippen LogP contribution in [0.5, 0.6) is 0 Å². The van der Waals surface area contributed by atoms with Gasteiger partial charge in [-0.3, -0.25) is 28.8 Å². The van der Waals surface area contributed by atoms with E-state index >= 15 is 0 Å². The minimum atomic E-state index is -2.37. The fourth-order valence-electron chi connectivity index (χ4n) is 10.4. The summed E-state index contributed by atoms with van der Waals surface area (Å²) in [7, 11) is -3.14. The predicted octanol–water partition coefficient (Wildman–Crippen LogP) is 14.4. The summed E-state index contributed by atoms with van der Waals surface area (Å²) >= 11 is 0. The number of benzene rings is 5. The smallest absolute Gasteiger partial charge is 0.408 e. The molecule has 0 aliphatic rings. The fraction of sp³-hybridized carbons (Fsp3) is 0.542. The molecule has 0 aromatic heterocycles. The third-order valence-electron chi connectivity index (χ3n) is 18.8. The number of Topliss-reactive ketones (excluding diaryl/α,β-unsaturated/α-hetero) is 1. The molecule has 0 saturated carbocycles. The van der Waals surface area contributed by atoms with E-state index in [4.69, 9.17) is 52.5 Å². The molecule has 4 N–H and O–H groups in total. The Morgan fingerprint density at radius 3 is 1.12 bits per heavy atom. The number of esters is 6. The number of carbonyl (C=O) groups excluding carboxylic acids is 8. The highest BCUT2D eigenvalue weighted by atomic mass is 28.4. The van der Waals surface area contributed by atoms with Crippen LogP contribution < -0.4 is 11.1 Å². The molecule has 0 unspecified atom stereocenters. The van der Waals surface area contributed by atoms with Gasteiger partial charge in [-0.2, -0.15) is 0 Å². The average Bonchev–Trinajstić information content (AvgIpc) is 0.817. The quantitative estimate of drug-likeness (QED) is 0.0196. The summed E-state index contributed by atoms with van der Waals surface area (Å²) in [6, 6.07) is 45.1. The lowest BCUT2D eigenvalue weighted by molar-refractivity contribution is -0.182. The van der Waals surface area contributed by atoms with E-state index in [0.29, 0.717) is 12.8 Å². The van der Waals surface area contributed by atoms with Gasteiger partial charge in [0, 0.05) is 20.0 Å². The Labute approximate surface area is 632 Å². The largest absolute Gasteiger partial charge is 0.461 e. The lowest BCUT2D eigenvalue weighted by Crippen LogP contribution is -2.54. The molecule has 106 heavy (non-hydrogen) atoms. The molecule has 5 aromatic carbocycles. The maximum Gasteiger partial charge on any atom is 0.408 e. The van der Waals surface area contributed by atoms with Gasteiger partial charge < -0.3 is 62.9 Å². The number of ether oxygens (including phenoxy) is 8. The van der Waals surface area contributed by atoms with E-state index in [9.17, 15) is 43.5 Å². The number of carbonyl (C=O) groups is 8. The molecule has 0 radical (unpaired) electrons. The van der Waals surface area contributed by atoms with Crippen LogP contribution in [0, 0.1) is 23.7 Å². The van der Waals surface area contributed by atoms with Crippen molar-refractivity contribution in [1.29, 1.82) is 0 Å². The molecule has 5 aromatic rings. The summed E-state index contributed by atoms with van der Waals surface area (Å²) in [5, 5.41) is 13.0. The topological polar surface area (TPSA) is 287 Å². The number of aliphatic hydroxyl groups is 1.